The summed E-state index contributed by atoms with van der Waals surface area (Å²) in [6.07, 6.45) is 1.18. The number of aliphatic hydroxyl groups is 1. The van der Waals surface area contributed by atoms with Crippen molar-refractivity contribution in [1.82, 2.24) is 5.32 Å². The van der Waals surface area contributed by atoms with Gasteiger partial charge in [-0.3, -0.25) is 4.79 Å². The van der Waals surface area contributed by atoms with Gasteiger partial charge in [-0.1, -0.05) is 19.9 Å². The normalized spacial score (nSPS) is 12.6. The minimum Gasteiger partial charge on any atom is -0.382 e. The van der Waals surface area contributed by atoms with Crippen LogP contribution in [0.5, 0.6) is 0 Å². The molecule has 0 radical (unpaired) electrons. The fourth-order valence-corrected chi connectivity index (χ4v) is 3.96. The van der Waals surface area contributed by atoms with Crippen LogP contribution in [-0.2, 0) is 11.3 Å². The Morgan fingerprint density at radius 3 is 2.62 bits per heavy atom. The summed E-state index contributed by atoms with van der Waals surface area (Å²) in [7, 11) is 0. The predicted molar refractivity (Wildman–Crippen MR) is 88.6 cm³/mol. The Kier molecular flexibility index (Phi) is 5.96. The molecule has 0 saturated heterocycles. The molecule has 21 heavy (non-hydrogen) atoms. The number of thiophene rings is 2. The summed E-state index contributed by atoms with van der Waals surface area (Å²) in [5, 5.41) is 15.2. The minimum absolute atomic E-state index is 0.0983. The zero-order chi connectivity index (χ0) is 15.2. The number of aliphatic hydroxyl groups excluding tert-OH is 1. The van der Waals surface area contributed by atoms with Crippen LogP contribution < -0.4 is 5.32 Å². The Morgan fingerprint density at radius 1 is 1.24 bits per heavy atom. The third-order valence-corrected chi connectivity index (χ3v) is 5.62. The highest BCUT2D eigenvalue weighted by Gasteiger charge is 2.16. The molecule has 3 nitrogen and oxygen atoms in total. The molecular formula is C16H21NO2S2. The topological polar surface area (TPSA) is 49.3 Å². The Hall–Kier alpha value is -1.17. The van der Waals surface area contributed by atoms with Crippen LogP contribution in [0.1, 0.15) is 47.4 Å². The lowest BCUT2D eigenvalue weighted by molar-refractivity contribution is -0.125. The maximum Gasteiger partial charge on any atom is 0.223 e. The minimum atomic E-state index is -0.557. The van der Waals surface area contributed by atoms with Gasteiger partial charge in [-0.2, -0.15) is 0 Å². The van der Waals surface area contributed by atoms with Gasteiger partial charge in [-0.25, -0.2) is 0 Å². The molecule has 0 aliphatic heterocycles. The van der Waals surface area contributed by atoms with Crippen LogP contribution >= 0.6 is 22.7 Å². The van der Waals surface area contributed by atoms with Gasteiger partial charge >= 0.3 is 0 Å². The second-order valence-corrected chi connectivity index (χ2v) is 7.13. The molecule has 1 amide bonds. The van der Waals surface area contributed by atoms with Crippen molar-refractivity contribution in [1.29, 1.82) is 0 Å². The van der Waals surface area contributed by atoms with E-state index in [2.05, 4.69) is 5.32 Å². The molecule has 2 N–H and O–H groups in total. The lowest BCUT2D eigenvalue weighted by Crippen LogP contribution is -2.29. The highest BCUT2D eigenvalue weighted by atomic mass is 32.1. The van der Waals surface area contributed by atoms with E-state index in [0.717, 1.165) is 27.5 Å². The number of rotatable bonds is 7. The van der Waals surface area contributed by atoms with E-state index in [4.69, 9.17) is 0 Å². The largest absolute Gasteiger partial charge is 0.382 e. The molecule has 0 bridgehead atoms. The second kappa shape index (κ2) is 7.73. The fraction of sp³-hybridized carbons (Fsp3) is 0.438. The van der Waals surface area contributed by atoms with Crippen LogP contribution in [0.15, 0.2) is 29.6 Å². The molecule has 0 spiro atoms. The third-order valence-electron chi connectivity index (χ3n) is 3.56. The van der Waals surface area contributed by atoms with Gasteiger partial charge in [0.05, 0.1) is 6.54 Å². The van der Waals surface area contributed by atoms with Crippen LogP contribution in [0.4, 0.5) is 0 Å². The van der Waals surface area contributed by atoms with Crippen LogP contribution in [0.3, 0.4) is 0 Å². The average Bonchev–Trinajstić information content (AvgIpc) is 3.17. The summed E-state index contributed by atoms with van der Waals surface area (Å²) >= 11 is 3.10. The maximum absolute atomic E-state index is 12.0. The summed E-state index contributed by atoms with van der Waals surface area (Å²) in [6.45, 7) is 4.61. The standard InChI is InChI=1S/C16H21NO2S2/c1-3-11(4-2)16(19)17-10-12-7-8-14(21-12)15(18)13-6-5-9-20-13/h5-9,11,15,18H,3-4,10H2,1-2H3,(H,17,19). The fourth-order valence-electron chi connectivity index (χ4n) is 2.20. The quantitative estimate of drug-likeness (QED) is 0.811. The monoisotopic (exact) mass is 323 g/mol. The van der Waals surface area contributed by atoms with Crippen molar-refractivity contribution in [3.05, 3.63) is 44.3 Å². The first kappa shape index (κ1) is 16.2. The number of carbonyl (C=O) groups is 1. The Bertz CT molecular complexity index is 559. The van der Waals surface area contributed by atoms with E-state index in [1.54, 1.807) is 22.7 Å². The van der Waals surface area contributed by atoms with Gasteiger partial charge in [0.25, 0.3) is 0 Å². The van der Waals surface area contributed by atoms with Gasteiger partial charge in [-0.05, 0) is 36.4 Å². The lowest BCUT2D eigenvalue weighted by Gasteiger charge is -2.11. The molecule has 2 rings (SSSR count). The summed E-state index contributed by atoms with van der Waals surface area (Å²) < 4.78 is 0. The smallest absolute Gasteiger partial charge is 0.223 e. The SMILES string of the molecule is CCC(CC)C(=O)NCc1ccc(C(O)c2cccs2)s1. The van der Waals surface area contributed by atoms with E-state index in [0.29, 0.717) is 6.54 Å². The van der Waals surface area contributed by atoms with E-state index in [1.165, 1.54) is 0 Å². The Morgan fingerprint density at radius 2 is 2.00 bits per heavy atom. The first-order valence-corrected chi connectivity index (χ1v) is 8.93. The Labute approximate surface area is 133 Å². The molecule has 1 atom stereocenters. The van der Waals surface area contributed by atoms with Crippen LogP contribution in [0.25, 0.3) is 0 Å². The molecule has 1 unspecified atom stereocenters. The molecule has 0 aliphatic carbocycles. The van der Waals surface area contributed by atoms with Crippen molar-refractivity contribution in [2.45, 2.75) is 39.3 Å². The summed E-state index contributed by atoms with van der Waals surface area (Å²) in [6, 6.07) is 7.79. The van der Waals surface area contributed by atoms with Gasteiger partial charge in [0.2, 0.25) is 5.91 Å². The van der Waals surface area contributed by atoms with Gasteiger partial charge < -0.3 is 10.4 Å². The lowest BCUT2D eigenvalue weighted by atomic mass is 10.0. The predicted octanol–water partition coefficient (Wildman–Crippen LogP) is 3.94. The van der Waals surface area contributed by atoms with Crippen LogP contribution in [-0.4, -0.2) is 11.0 Å². The molecule has 2 heterocycles. The highest BCUT2D eigenvalue weighted by Crippen LogP contribution is 2.30. The van der Waals surface area contributed by atoms with Gasteiger partial charge in [0.1, 0.15) is 6.10 Å². The molecule has 114 valence electrons. The Balaban J connectivity index is 1.93. The van der Waals surface area contributed by atoms with E-state index in [1.807, 2.05) is 43.5 Å². The molecule has 2 aromatic rings. The third kappa shape index (κ3) is 4.15. The average molecular weight is 323 g/mol. The molecule has 5 heteroatoms. The van der Waals surface area contributed by atoms with E-state index in [9.17, 15) is 9.90 Å². The van der Waals surface area contributed by atoms with E-state index >= 15 is 0 Å². The molecule has 2 aromatic heterocycles. The van der Waals surface area contributed by atoms with Crippen molar-refractivity contribution in [3.8, 4) is 0 Å². The van der Waals surface area contributed by atoms with Crippen LogP contribution in [0, 0.1) is 5.92 Å². The molecule has 0 fully saturated rings. The number of hydrogen-bond donors (Lipinski definition) is 2. The van der Waals surface area contributed by atoms with Crippen molar-refractivity contribution < 1.29 is 9.90 Å². The molecular weight excluding hydrogens is 302 g/mol. The van der Waals surface area contributed by atoms with Gasteiger partial charge in [-0.15, -0.1) is 22.7 Å². The molecule has 0 saturated carbocycles. The zero-order valence-electron chi connectivity index (χ0n) is 12.3. The molecule has 0 aliphatic rings. The van der Waals surface area contributed by atoms with Gasteiger partial charge in [0, 0.05) is 20.5 Å². The second-order valence-electron chi connectivity index (χ2n) is 4.95. The zero-order valence-corrected chi connectivity index (χ0v) is 14.0. The van der Waals surface area contributed by atoms with Crippen LogP contribution in [0.2, 0.25) is 0 Å². The number of carbonyl (C=O) groups excluding carboxylic acids is 1. The van der Waals surface area contributed by atoms with E-state index < -0.39 is 6.10 Å². The first-order chi connectivity index (χ1) is 10.2. The van der Waals surface area contributed by atoms with Crippen molar-refractivity contribution in [2.75, 3.05) is 0 Å². The van der Waals surface area contributed by atoms with Crippen molar-refractivity contribution >= 4 is 28.6 Å². The number of hydrogen-bond acceptors (Lipinski definition) is 4. The first-order valence-electron chi connectivity index (χ1n) is 7.23. The molecule has 0 aromatic carbocycles. The summed E-state index contributed by atoms with van der Waals surface area (Å²) in [5.41, 5.74) is 0. The van der Waals surface area contributed by atoms with Crippen molar-refractivity contribution in [3.63, 3.8) is 0 Å². The highest BCUT2D eigenvalue weighted by molar-refractivity contribution is 7.12. The maximum atomic E-state index is 12.0. The summed E-state index contributed by atoms with van der Waals surface area (Å²) in [5.74, 6) is 0.217. The van der Waals surface area contributed by atoms with Gasteiger partial charge in [0.15, 0.2) is 0 Å². The summed E-state index contributed by atoms with van der Waals surface area (Å²) in [4.78, 5) is 14.9. The number of amides is 1. The van der Waals surface area contributed by atoms with E-state index in [-0.39, 0.29) is 11.8 Å². The van der Waals surface area contributed by atoms with Crippen molar-refractivity contribution in [2.24, 2.45) is 5.92 Å². The number of nitrogens with one attached hydrogen (secondary N) is 1.